The molecular formula is C15H23F2NO. The van der Waals surface area contributed by atoms with Gasteiger partial charge in [0, 0.05) is 24.8 Å². The molecule has 0 bridgehead atoms. The molecule has 0 spiro atoms. The van der Waals surface area contributed by atoms with Crippen LogP contribution in [0.25, 0.3) is 0 Å². The van der Waals surface area contributed by atoms with Crippen LogP contribution in [0.15, 0.2) is 18.2 Å². The van der Waals surface area contributed by atoms with Crippen molar-refractivity contribution in [2.45, 2.75) is 46.2 Å². The van der Waals surface area contributed by atoms with Gasteiger partial charge in [-0.25, -0.2) is 8.78 Å². The van der Waals surface area contributed by atoms with Crippen molar-refractivity contribution in [3.05, 3.63) is 35.4 Å². The Morgan fingerprint density at radius 1 is 1.16 bits per heavy atom. The summed E-state index contributed by atoms with van der Waals surface area (Å²) in [5.41, 5.74) is 0.535. The summed E-state index contributed by atoms with van der Waals surface area (Å²) < 4.78 is 26.4. The summed E-state index contributed by atoms with van der Waals surface area (Å²) in [5.74, 6) is -1.14. The third kappa shape index (κ3) is 4.88. The lowest BCUT2D eigenvalue weighted by Gasteiger charge is -2.34. The second-order valence-electron chi connectivity index (χ2n) is 6.02. The third-order valence-electron chi connectivity index (χ3n) is 3.30. The van der Waals surface area contributed by atoms with Gasteiger partial charge in [-0.3, -0.25) is 0 Å². The van der Waals surface area contributed by atoms with Crippen LogP contribution in [0.3, 0.4) is 0 Å². The van der Waals surface area contributed by atoms with E-state index in [1.165, 1.54) is 12.1 Å². The van der Waals surface area contributed by atoms with Crippen molar-refractivity contribution >= 4 is 0 Å². The van der Waals surface area contributed by atoms with Gasteiger partial charge in [-0.15, -0.1) is 0 Å². The van der Waals surface area contributed by atoms with Crippen LogP contribution >= 0.6 is 0 Å². The Morgan fingerprint density at radius 3 is 2.11 bits per heavy atom. The number of nitrogens with one attached hydrogen (secondary N) is 1. The van der Waals surface area contributed by atoms with Crippen molar-refractivity contribution in [1.82, 2.24) is 5.32 Å². The molecule has 4 heteroatoms. The van der Waals surface area contributed by atoms with Gasteiger partial charge in [0.05, 0.1) is 0 Å². The monoisotopic (exact) mass is 271 g/mol. The first-order valence-electron chi connectivity index (χ1n) is 6.57. The first-order chi connectivity index (χ1) is 8.74. The second-order valence-corrected chi connectivity index (χ2v) is 6.02. The van der Waals surface area contributed by atoms with Gasteiger partial charge in [-0.2, -0.15) is 0 Å². The van der Waals surface area contributed by atoms with Gasteiger partial charge in [-0.05, 0) is 36.5 Å². The van der Waals surface area contributed by atoms with E-state index < -0.39 is 11.6 Å². The number of rotatable bonds is 5. The second kappa shape index (κ2) is 6.44. The molecule has 0 fully saturated rings. The summed E-state index contributed by atoms with van der Waals surface area (Å²) in [4.78, 5) is 0. The Labute approximate surface area is 113 Å². The Kier molecular flexibility index (Phi) is 5.44. The number of aliphatic hydroxyl groups excluding tert-OH is 1. The number of hydrogen-bond donors (Lipinski definition) is 2. The molecule has 0 saturated carbocycles. The van der Waals surface area contributed by atoms with Gasteiger partial charge in [0.1, 0.15) is 11.6 Å². The zero-order chi connectivity index (χ0) is 14.6. The average Bonchev–Trinajstić information content (AvgIpc) is 2.25. The maximum absolute atomic E-state index is 13.2. The van der Waals surface area contributed by atoms with Gasteiger partial charge >= 0.3 is 0 Å². The zero-order valence-electron chi connectivity index (χ0n) is 12.0. The largest absolute Gasteiger partial charge is 0.396 e. The molecule has 0 aromatic heterocycles. The van der Waals surface area contributed by atoms with Crippen molar-refractivity contribution < 1.29 is 13.9 Å². The molecule has 0 aliphatic carbocycles. The van der Waals surface area contributed by atoms with Crippen molar-refractivity contribution in [2.24, 2.45) is 5.41 Å². The lowest BCUT2D eigenvalue weighted by atomic mass is 9.84. The van der Waals surface area contributed by atoms with E-state index in [2.05, 4.69) is 26.1 Å². The summed E-state index contributed by atoms with van der Waals surface area (Å²) >= 11 is 0. The summed E-state index contributed by atoms with van der Waals surface area (Å²) in [6, 6.07) is 3.42. The van der Waals surface area contributed by atoms with Crippen LogP contribution < -0.4 is 5.32 Å². The van der Waals surface area contributed by atoms with E-state index in [1.54, 1.807) is 0 Å². The fraction of sp³-hybridized carbons (Fsp3) is 0.600. The first-order valence-corrected chi connectivity index (χ1v) is 6.57. The van der Waals surface area contributed by atoms with E-state index in [1.807, 2.05) is 6.92 Å². The predicted octanol–water partition coefficient (Wildman–Crippen LogP) is 3.41. The van der Waals surface area contributed by atoms with Crippen LogP contribution in [-0.4, -0.2) is 17.8 Å². The highest BCUT2D eigenvalue weighted by atomic mass is 19.1. The Bertz CT molecular complexity index is 395. The minimum absolute atomic E-state index is 0.0388. The molecule has 0 saturated heterocycles. The van der Waals surface area contributed by atoms with Crippen molar-refractivity contribution in [3.63, 3.8) is 0 Å². The molecule has 2 unspecified atom stereocenters. The van der Waals surface area contributed by atoms with E-state index >= 15 is 0 Å². The summed E-state index contributed by atoms with van der Waals surface area (Å²) in [6.07, 6.45) is 0.603. The molecule has 2 nitrogen and oxygen atoms in total. The molecule has 1 aromatic rings. The maximum atomic E-state index is 13.2. The third-order valence-corrected chi connectivity index (χ3v) is 3.30. The summed E-state index contributed by atoms with van der Waals surface area (Å²) in [7, 11) is 0. The number of benzene rings is 1. The van der Waals surface area contributed by atoms with Crippen LogP contribution in [0, 0.1) is 17.0 Å². The number of aliphatic hydroxyl groups is 1. The normalized spacial score (nSPS) is 15.3. The minimum atomic E-state index is -0.571. The Morgan fingerprint density at radius 2 is 1.68 bits per heavy atom. The molecule has 0 aliphatic heterocycles. The van der Waals surface area contributed by atoms with Gasteiger partial charge in [0.2, 0.25) is 0 Å². The summed E-state index contributed by atoms with van der Waals surface area (Å²) in [6.45, 7) is 8.15. The maximum Gasteiger partial charge on any atom is 0.126 e. The molecule has 1 rings (SSSR count). The Balaban J connectivity index is 2.84. The first kappa shape index (κ1) is 16.1. The zero-order valence-corrected chi connectivity index (χ0v) is 12.0. The van der Waals surface area contributed by atoms with E-state index in [0.717, 1.165) is 6.07 Å². The summed E-state index contributed by atoms with van der Waals surface area (Å²) in [5, 5.41) is 12.4. The van der Waals surface area contributed by atoms with Crippen molar-refractivity contribution in [3.8, 4) is 0 Å². The SMILES string of the molecule is CC(NC(CCO)C(C)(C)C)c1cc(F)cc(F)c1. The number of halogens is 2. The smallest absolute Gasteiger partial charge is 0.126 e. The quantitative estimate of drug-likeness (QED) is 0.860. The predicted molar refractivity (Wildman–Crippen MR) is 72.9 cm³/mol. The van der Waals surface area contributed by atoms with Gasteiger partial charge < -0.3 is 10.4 Å². The van der Waals surface area contributed by atoms with Gasteiger partial charge in [-0.1, -0.05) is 20.8 Å². The van der Waals surface area contributed by atoms with Gasteiger partial charge in [0.15, 0.2) is 0 Å². The van der Waals surface area contributed by atoms with E-state index in [0.29, 0.717) is 12.0 Å². The molecule has 0 radical (unpaired) electrons. The van der Waals surface area contributed by atoms with Crippen LogP contribution in [-0.2, 0) is 0 Å². The van der Waals surface area contributed by atoms with E-state index in [-0.39, 0.29) is 24.1 Å². The van der Waals surface area contributed by atoms with Crippen molar-refractivity contribution in [2.75, 3.05) is 6.61 Å². The average molecular weight is 271 g/mol. The molecular weight excluding hydrogens is 248 g/mol. The lowest BCUT2D eigenvalue weighted by molar-refractivity contribution is 0.188. The van der Waals surface area contributed by atoms with Crippen LogP contribution in [0.1, 0.15) is 45.7 Å². The molecule has 1 aromatic carbocycles. The van der Waals surface area contributed by atoms with Crippen molar-refractivity contribution in [1.29, 1.82) is 0 Å². The van der Waals surface area contributed by atoms with Crippen LogP contribution in [0.2, 0.25) is 0 Å². The van der Waals surface area contributed by atoms with Gasteiger partial charge in [0.25, 0.3) is 0 Å². The molecule has 108 valence electrons. The lowest BCUT2D eigenvalue weighted by Crippen LogP contribution is -2.42. The fourth-order valence-electron chi connectivity index (χ4n) is 2.12. The van der Waals surface area contributed by atoms with Crippen LogP contribution in [0.4, 0.5) is 8.78 Å². The highest BCUT2D eigenvalue weighted by Crippen LogP contribution is 2.25. The highest BCUT2D eigenvalue weighted by molar-refractivity contribution is 5.21. The number of hydrogen-bond acceptors (Lipinski definition) is 2. The Hall–Kier alpha value is -1.00. The molecule has 0 amide bonds. The molecule has 19 heavy (non-hydrogen) atoms. The fourth-order valence-corrected chi connectivity index (χ4v) is 2.12. The van der Waals surface area contributed by atoms with E-state index in [9.17, 15) is 8.78 Å². The van der Waals surface area contributed by atoms with Crippen LogP contribution in [0.5, 0.6) is 0 Å². The molecule has 0 heterocycles. The molecule has 2 atom stereocenters. The van der Waals surface area contributed by atoms with E-state index in [4.69, 9.17) is 5.11 Å². The minimum Gasteiger partial charge on any atom is -0.396 e. The topological polar surface area (TPSA) is 32.3 Å². The molecule has 0 aliphatic rings. The highest BCUT2D eigenvalue weighted by Gasteiger charge is 2.25. The molecule has 2 N–H and O–H groups in total. The standard InChI is InChI=1S/C15H23F2NO/c1-10(11-7-12(16)9-13(17)8-11)18-14(5-6-19)15(2,3)4/h7-10,14,18-19H,5-6H2,1-4H3.